The molecule has 0 bridgehead atoms. The summed E-state index contributed by atoms with van der Waals surface area (Å²) in [5.74, 6) is 5.21. The van der Waals surface area contributed by atoms with E-state index >= 15 is 0 Å². The first-order valence-electron chi connectivity index (χ1n) is 9.17. The Labute approximate surface area is 184 Å². The predicted molar refractivity (Wildman–Crippen MR) is 127 cm³/mol. The molecule has 0 saturated carbocycles. The molecule has 0 radical (unpaired) electrons. The van der Waals surface area contributed by atoms with Gasteiger partial charge in [0.2, 0.25) is 0 Å². The molecule has 0 aliphatic heterocycles. The predicted octanol–water partition coefficient (Wildman–Crippen LogP) is 4.01. The van der Waals surface area contributed by atoms with Crippen molar-refractivity contribution in [3.8, 4) is 24.7 Å². The monoisotopic (exact) mass is 458 g/mol. The smallest absolute Gasteiger partial charge is 0.187 e. The van der Waals surface area contributed by atoms with Crippen LogP contribution in [0.25, 0.3) is 0 Å². The molecule has 0 saturated heterocycles. The first-order chi connectivity index (χ1) is 13.7. The molecular formula is C20H26N4OS2Si2. The summed E-state index contributed by atoms with van der Waals surface area (Å²) in [6.45, 7) is 8.99. The third kappa shape index (κ3) is 8.73. The normalized spacial score (nSPS) is 11.7. The van der Waals surface area contributed by atoms with Crippen molar-refractivity contribution >= 4 is 40.2 Å². The third-order valence-corrected chi connectivity index (χ3v) is 15.7. The number of thioether (sulfide) groups is 2. The largest absolute Gasteiger partial charge is 0.454 e. The lowest BCUT2D eigenvalue weighted by Crippen LogP contribution is -2.48. The Morgan fingerprint density at radius 2 is 1.10 bits per heavy atom. The van der Waals surface area contributed by atoms with Gasteiger partial charge in [-0.2, -0.15) is 0 Å². The van der Waals surface area contributed by atoms with E-state index in [0.29, 0.717) is 12.8 Å². The van der Waals surface area contributed by atoms with E-state index < -0.39 is 16.6 Å². The molecule has 0 spiro atoms. The van der Waals surface area contributed by atoms with Crippen LogP contribution in [0, 0.1) is 24.7 Å². The number of terminal acetylenes is 2. The molecule has 0 N–H and O–H groups in total. The molecule has 2 aromatic heterocycles. The number of aromatic nitrogens is 4. The third-order valence-electron chi connectivity index (χ3n) is 3.63. The van der Waals surface area contributed by atoms with Crippen LogP contribution in [0.1, 0.15) is 11.1 Å². The van der Waals surface area contributed by atoms with E-state index in [1.807, 2.05) is 0 Å². The Morgan fingerprint density at radius 3 is 1.41 bits per heavy atom. The van der Waals surface area contributed by atoms with Crippen LogP contribution in [-0.2, 0) is 17.0 Å². The van der Waals surface area contributed by atoms with Crippen molar-refractivity contribution in [3.05, 3.63) is 35.9 Å². The summed E-state index contributed by atoms with van der Waals surface area (Å²) in [6.07, 6.45) is 19.0. The second-order valence-corrected chi connectivity index (χ2v) is 19.2. The molecular weight excluding hydrogens is 433 g/mol. The van der Waals surface area contributed by atoms with Gasteiger partial charge in [0, 0.05) is 59.5 Å². The first-order valence-corrected chi connectivity index (χ1v) is 17.4. The van der Waals surface area contributed by atoms with Gasteiger partial charge in [0.15, 0.2) is 26.9 Å². The standard InChI is InChI=1S/C20H26N4OS2Si2/c1-7-9-17-11-21-19(22-12-17)26-15-28(3,4)25-29(5,6)16-27-20-23-13-18(10-8-2)14-24-20/h1-2,11-14H,9-10,15-16H2,3-6H3. The molecule has 0 fully saturated rings. The molecule has 29 heavy (non-hydrogen) atoms. The van der Waals surface area contributed by atoms with Crippen LogP contribution < -0.4 is 0 Å². The maximum absolute atomic E-state index is 6.67. The number of hydrogen-bond donors (Lipinski definition) is 0. The lowest BCUT2D eigenvalue weighted by atomic mass is 10.3. The van der Waals surface area contributed by atoms with E-state index in [1.165, 1.54) is 0 Å². The fraction of sp³-hybridized carbons (Fsp3) is 0.400. The average molecular weight is 459 g/mol. The number of hydrogen-bond acceptors (Lipinski definition) is 7. The van der Waals surface area contributed by atoms with Crippen LogP contribution >= 0.6 is 23.5 Å². The van der Waals surface area contributed by atoms with Crippen LogP contribution in [0.5, 0.6) is 0 Å². The van der Waals surface area contributed by atoms with Crippen molar-refractivity contribution in [1.29, 1.82) is 0 Å². The zero-order valence-corrected chi connectivity index (χ0v) is 20.9. The summed E-state index contributed by atoms with van der Waals surface area (Å²) in [6, 6.07) is 0. The summed E-state index contributed by atoms with van der Waals surface area (Å²) >= 11 is 3.31. The van der Waals surface area contributed by atoms with Crippen molar-refractivity contribution in [1.82, 2.24) is 19.9 Å². The molecule has 9 heteroatoms. The Bertz CT molecular complexity index is 802. The fourth-order valence-electron chi connectivity index (χ4n) is 2.54. The Morgan fingerprint density at radius 1 is 0.759 bits per heavy atom. The number of nitrogens with zero attached hydrogens (tertiary/aromatic N) is 4. The van der Waals surface area contributed by atoms with Gasteiger partial charge >= 0.3 is 0 Å². The first kappa shape index (κ1) is 23.7. The molecule has 2 aromatic rings. The second-order valence-electron chi connectivity index (χ2n) is 7.71. The molecule has 2 rings (SSSR count). The van der Waals surface area contributed by atoms with Crippen molar-refractivity contribution in [2.45, 2.75) is 49.3 Å². The van der Waals surface area contributed by atoms with Gasteiger partial charge in [-0.15, -0.1) is 24.7 Å². The quantitative estimate of drug-likeness (QED) is 0.231. The van der Waals surface area contributed by atoms with E-state index in [1.54, 1.807) is 48.3 Å². The molecule has 0 aliphatic carbocycles. The van der Waals surface area contributed by atoms with Gasteiger partial charge in [-0.25, -0.2) is 19.9 Å². The lowest BCUT2D eigenvalue weighted by Gasteiger charge is -2.33. The minimum absolute atomic E-state index is 0.558. The van der Waals surface area contributed by atoms with Crippen molar-refractivity contribution < 1.29 is 4.12 Å². The maximum atomic E-state index is 6.67. The molecule has 5 nitrogen and oxygen atoms in total. The molecule has 0 amide bonds. The highest BCUT2D eigenvalue weighted by molar-refractivity contribution is 8.01. The Hall–Kier alpha value is -1.63. The summed E-state index contributed by atoms with van der Waals surface area (Å²) in [4.78, 5) is 17.6. The summed E-state index contributed by atoms with van der Waals surface area (Å²) in [7, 11) is -3.74. The van der Waals surface area contributed by atoms with Gasteiger partial charge in [0.05, 0.1) is 0 Å². The van der Waals surface area contributed by atoms with Crippen LogP contribution in [0.15, 0.2) is 35.1 Å². The molecule has 0 unspecified atom stereocenters. The number of rotatable bonds is 10. The van der Waals surface area contributed by atoms with E-state index in [-0.39, 0.29) is 0 Å². The highest BCUT2D eigenvalue weighted by Gasteiger charge is 2.33. The van der Waals surface area contributed by atoms with Crippen LogP contribution in [0.2, 0.25) is 26.2 Å². The molecule has 0 atom stereocenters. The summed E-state index contributed by atoms with van der Waals surface area (Å²) in [5.41, 5.74) is 1.93. The van der Waals surface area contributed by atoms with Crippen LogP contribution in [0.4, 0.5) is 0 Å². The van der Waals surface area contributed by atoms with Gasteiger partial charge in [0.1, 0.15) is 0 Å². The van der Waals surface area contributed by atoms with Crippen molar-refractivity contribution in [2.24, 2.45) is 0 Å². The van der Waals surface area contributed by atoms with Gasteiger partial charge in [-0.1, -0.05) is 23.5 Å². The van der Waals surface area contributed by atoms with E-state index in [9.17, 15) is 0 Å². The zero-order chi connectivity index (χ0) is 21.3. The minimum Gasteiger partial charge on any atom is -0.454 e. The van der Waals surface area contributed by atoms with Gasteiger partial charge < -0.3 is 4.12 Å². The van der Waals surface area contributed by atoms with Gasteiger partial charge in [0.25, 0.3) is 0 Å². The van der Waals surface area contributed by atoms with E-state index in [0.717, 1.165) is 32.2 Å². The topological polar surface area (TPSA) is 60.8 Å². The fourth-order valence-corrected chi connectivity index (χ4v) is 14.4. The lowest BCUT2D eigenvalue weighted by molar-refractivity contribution is 0.556. The van der Waals surface area contributed by atoms with Crippen molar-refractivity contribution in [3.63, 3.8) is 0 Å². The SMILES string of the molecule is C#CCc1cnc(SC[Si](C)(C)O[Si](C)(C)CSc2ncc(CC#C)cn2)nc1. The van der Waals surface area contributed by atoms with Crippen LogP contribution in [-0.4, -0.2) is 47.3 Å². The molecule has 2 heterocycles. The second kappa shape index (κ2) is 11.0. The van der Waals surface area contributed by atoms with E-state index in [2.05, 4.69) is 58.0 Å². The Kier molecular flexibility index (Phi) is 8.93. The van der Waals surface area contributed by atoms with Crippen LogP contribution in [0.3, 0.4) is 0 Å². The molecule has 0 aromatic carbocycles. The highest BCUT2D eigenvalue weighted by atomic mass is 32.2. The Balaban J connectivity index is 1.85. The minimum atomic E-state index is -1.87. The average Bonchev–Trinajstić information content (AvgIpc) is 2.67. The summed E-state index contributed by atoms with van der Waals surface area (Å²) in [5, 5.41) is 3.34. The van der Waals surface area contributed by atoms with Crippen molar-refractivity contribution in [2.75, 3.05) is 10.8 Å². The van der Waals surface area contributed by atoms with E-state index in [4.69, 9.17) is 17.0 Å². The van der Waals surface area contributed by atoms with Gasteiger partial charge in [-0.05, 0) is 26.2 Å². The van der Waals surface area contributed by atoms with Gasteiger partial charge in [-0.3, -0.25) is 0 Å². The summed E-state index contributed by atoms with van der Waals surface area (Å²) < 4.78 is 6.67. The molecule has 152 valence electrons. The zero-order valence-electron chi connectivity index (χ0n) is 17.3. The highest BCUT2D eigenvalue weighted by Crippen LogP contribution is 2.26. The maximum Gasteiger partial charge on any atom is 0.187 e. The molecule has 0 aliphatic rings.